The lowest BCUT2D eigenvalue weighted by Crippen LogP contribution is -2.14. The molecule has 0 bridgehead atoms. The highest BCUT2D eigenvalue weighted by molar-refractivity contribution is 8.23. The van der Waals surface area contributed by atoms with E-state index < -0.39 is 0 Å². The van der Waals surface area contributed by atoms with Crippen LogP contribution in [0.1, 0.15) is 64.7 Å². The smallest absolute Gasteiger partial charge is 0.134 e. The van der Waals surface area contributed by atoms with Crippen LogP contribution in [-0.2, 0) is 0 Å². The molecule has 1 aliphatic rings. The zero-order valence-corrected chi connectivity index (χ0v) is 12.1. The highest BCUT2D eigenvalue weighted by atomic mass is 32.2. The SMILES string of the molecule is CCCCCCCCCCC1CNC(=S)S1. The van der Waals surface area contributed by atoms with E-state index in [0.29, 0.717) is 0 Å². The normalized spacial score (nSPS) is 20.1. The molecule has 16 heavy (non-hydrogen) atoms. The van der Waals surface area contributed by atoms with Crippen LogP contribution in [0.3, 0.4) is 0 Å². The highest BCUT2D eigenvalue weighted by Crippen LogP contribution is 2.23. The highest BCUT2D eigenvalue weighted by Gasteiger charge is 2.18. The monoisotopic (exact) mass is 259 g/mol. The molecule has 0 aromatic heterocycles. The Kier molecular flexibility index (Phi) is 8.30. The molecule has 1 saturated heterocycles. The van der Waals surface area contributed by atoms with Crippen molar-refractivity contribution in [1.29, 1.82) is 0 Å². The minimum atomic E-state index is 0.757. The van der Waals surface area contributed by atoms with Crippen molar-refractivity contribution in [1.82, 2.24) is 5.32 Å². The molecule has 1 N–H and O–H groups in total. The summed E-state index contributed by atoms with van der Waals surface area (Å²) in [5.41, 5.74) is 0. The van der Waals surface area contributed by atoms with Crippen LogP contribution in [-0.4, -0.2) is 16.1 Å². The molecule has 0 aromatic rings. The average Bonchev–Trinajstić information content (AvgIpc) is 2.68. The van der Waals surface area contributed by atoms with Gasteiger partial charge in [0.1, 0.15) is 4.32 Å². The first-order valence-electron chi connectivity index (χ1n) is 6.77. The van der Waals surface area contributed by atoms with Gasteiger partial charge in [0.25, 0.3) is 0 Å². The standard InChI is InChI=1S/C13H25NS2/c1-2-3-4-5-6-7-8-9-10-12-11-14-13(15)16-12/h12H,2-11H2,1H3,(H,14,15). The van der Waals surface area contributed by atoms with Crippen molar-refractivity contribution in [2.75, 3.05) is 6.54 Å². The fourth-order valence-electron chi connectivity index (χ4n) is 2.10. The summed E-state index contributed by atoms with van der Waals surface area (Å²) >= 11 is 6.97. The lowest BCUT2D eigenvalue weighted by atomic mass is 10.1. The van der Waals surface area contributed by atoms with Crippen molar-refractivity contribution in [3.05, 3.63) is 0 Å². The molecule has 3 heteroatoms. The Hall–Kier alpha value is 0.240. The van der Waals surface area contributed by atoms with E-state index in [0.717, 1.165) is 16.1 Å². The third-order valence-electron chi connectivity index (χ3n) is 3.13. The second kappa shape index (κ2) is 9.29. The Morgan fingerprint density at radius 3 is 2.31 bits per heavy atom. The molecule has 94 valence electrons. The third kappa shape index (κ3) is 6.74. The van der Waals surface area contributed by atoms with Gasteiger partial charge < -0.3 is 5.32 Å². The lowest BCUT2D eigenvalue weighted by Gasteiger charge is -2.06. The van der Waals surface area contributed by atoms with Crippen LogP contribution in [0.5, 0.6) is 0 Å². The summed E-state index contributed by atoms with van der Waals surface area (Å²) in [5.74, 6) is 0. The van der Waals surface area contributed by atoms with Gasteiger partial charge >= 0.3 is 0 Å². The zero-order chi connectivity index (χ0) is 11.6. The second-order valence-corrected chi connectivity index (χ2v) is 6.65. The molecule has 0 aromatic carbocycles. The molecule has 1 fully saturated rings. The van der Waals surface area contributed by atoms with Gasteiger partial charge in [-0.2, -0.15) is 0 Å². The Bertz CT molecular complexity index is 194. The summed E-state index contributed by atoms with van der Waals surface area (Å²) in [4.78, 5) is 0. The molecule has 1 rings (SSSR count). The predicted octanol–water partition coefficient (Wildman–Crippen LogP) is 4.51. The number of unbranched alkanes of at least 4 members (excludes halogenated alkanes) is 7. The molecule has 0 spiro atoms. The molecular formula is C13H25NS2. The minimum absolute atomic E-state index is 0.757. The van der Waals surface area contributed by atoms with Crippen molar-refractivity contribution in [3.63, 3.8) is 0 Å². The summed E-state index contributed by atoms with van der Waals surface area (Å²) in [6, 6.07) is 0. The number of thioether (sulfide) groups is 1. The second-order valence-electron chi connectivity index (χ2n) is 4.67. The van der Waals surface area contributed by atoms with Crippen molar-refractivity contribution < 1.29 is 0 Å². The summed E-state index contributed by atoms with van der Waals surface area (Å²) in [6.07, 6.45) is 12.7. The molecule has 1 unspecified atom stereocenters. The van der Waals surface area contributed by atoms with Crippen molar-refractivity contribution in [2.45, 2.75) is 70.0 Å². The average molecular weight is 259 g/mol. The number of nitrogens with one attached hydrogen (secondary N) is 1. The summed E-state index contributed by atoms with van der Waals surface area (Å²) in [6.45, 7) is 3.37. The maximum absolute atomic E-state index is 5.11. The van der Waals surface area contributed by atoms with Crippen LogP contribution < -0.4 is 5.32 Å². The van der Waals surface area contributed by atoms with Crippen molar-refractivity contribution in [3.8, 4) is 0 Å². The van der Waals surface area contributed by atoms with Gasteiger partial charge in [0.05, 0.1) is 0 Å². The van der Waals surface area contributed by atoms with E-state index in [1.165, 1.54) is 57.8 Å². The molecule has 0 aliphatic carbocycles. The van der Waals surface area contributed by atoms with Gasteiger partial charge in [0.2, 0.25) is 0 Å². The summed E-state index contributed by atoms with van der Waals surface area (Å²) in [5, 5.41) is 4.00. The van der Waals surface area contributed by atoms with Crippen molar-refractivity contribution in [2.24, 2.45) is 0 Å². The Morgan fingerprint density at radius 1 is 1.12 bits per heavy atom. The molecule has 0 saturated carbocycles. The van der Waals surface area contributed by atoms with E-state index in [2.05, 4.69) is 12.2 Å². The number of thiocarbonyl (C=S) groups is 1. The predicted molar refractivity (Wildman–Crippen MR) is 79.2 cm³/mol. The fourth-order valence-corrected chi connectivity index (χ4v) is 3.51. The largest absolute Gasteiger partial charge is 0.370 e. The molecular weight excluding hydrogens is 234 g/mol. The van der Waals surface area contributed by atoms with Gasteiger partial charge in [-0.05, 0) is 6.42 Å². The van der Waals surface area contributed by atoms with Crippen LogP contribution in [0.4, 0.5) is 0 Å². The number of hydrogen-bond donors (Lipinski definition) is 1. The molecule has 1 aliphatic heterocycles. The number of rotatable bonds is 9. The molecule has 0 radical (unpaired) electrons. The fraction of sp³-hybridized carbons (Fsp3) is 0.923. The van der Waals surface area contributed by atoms with Crippen molar-refractivity contribution >= 4 is 28.3 Å². The first-order chi connectivity index (χ1) is 7.83. The van der Waals surface area contributed by atoms with E-state index >= 15 is 0 Å². The van der Waals surface area contributed by atoms with E-state index in [4.69, 9.17) is 12.2 Å². The molecule has 0 amide bonds. The first-order valence-corrected chi connectivity index (χ1v) is 8.06. The zero-order valence-electron chi connectivity index (χ0n) is 10.5. The van der Waals surface area contributed by atoms with E-state index in [-0.39, 0.29) is 0 Å². The summed E-state index contributed by atoms with van der Waals surface area (Å²) in [7, 11) is 0. The number of hydrogen-bond acceptors (Lipinski definition) is 2. The molecule has 1 nitrogen and oxygen atoms in total. The lowest BCUT2D eigenvalue weighted by molar-refractivity contribution is 0.560. The van der Waals surface area contributed by atoms with Crippen LogP contribution >= 0.6 is 24.0 Å². The molecule has 1 atom stereocenters. The Balaban J connectivity index is 1.79. The quantitative estimate of drug-likeness (QED) is 0.483. The van der Waals surface area contributed by atoms with Gasteiger partial charge in [-0.15, -0.1) is 0 Å². The maximum atomic E-state index is 5.11. The summed E-state index contributed by atoms with van der Waals surface area (Å²) < 4.78 is 1.00. The van der Waals surface area contributed by atoms with Crippen LogP contribution in [0.25, 0.3) is 0 Å². The molecule has 1 heterocycles. The topological polar surface area (TPSA) is 12.0 Å². The minimum Gasteiger partial charge on any atom is -0.370 e. The van der Waals surface area contributed by atoms with Crippen LogP contribution in [0.15, 0.2) is 0 Å². The van der Waals surface area contributed by atoms with E-state index in [1.807, 2.05) is 11.8 Å². The van der Waals surface area contributed by atoms with Gasteiger partial charge in [-0.25, -0.2) is 0 Å². The Labute approximate surface area is 110 Å². The first kappa shape index (κ1) is 14.3. The Morgan fingerprint density at radius 2 is 1.75 bits per heavy atom. The maximum Gasteiger partial charge on any atom is 0.134 e. The van der Waals surface area contributed by atoms with E-state index in [1.54, 1.807) is 0 Å². The van der Waals surface area contributed by atoms with Gasteiger partial charge in [0, 0.05) is 11.8 Å². The third-order valence-corrected chi connectivity index (χ3v) is 4.65. The van der Waals surface area contributed by atoms with Gasteiger partial charge in [-0.1, -0.05) is 82.3 Å². The van der Waals surface area contributed by atoms with E-state index in [9.17, 15) is 0 Å². The van der Waals surface area contributed by atoms with Crippen LogP contribution in [0.2, 0.25) is 0 Å². The van der Waals surface area contributed by atoms with Crippen LogP contribution in [0, 0.1) is 0 Å². The van der Waals surface area contributed by atoms with Gasteiger partial charge in [-0.3, -0.25) is 0 Å². The van der Waals surface area contributed by atoms with Gasteiger partial charge in [0.15, 0.2) is 0 Å².